The summed E-state index contributed by atoms with van der Waals surface area (Å²) in [6, 6.07) is 25.2. The van der Waals surface area contributed by atoms with Crippen molar-refractivity contribution in [2.75, 3.05) is 39.6 Å². The minimum Gasteiger partial charge on any atom is -0.370 e. The van der Waals surface area contributed by atoms with Crippen LogP contribution in [0.5, 0.6) is 0 Å². The highest BCUT2D eigenvalue weighted by atomic mass is 28.4. The number of benzene rings is 3. The van der Waals surface area contributed by atoms with Gasteiger partial charge in [0.2, 0.25) is 0 Å². The zero-order valence-corrected chi connectivity index (χ0v) is 25.6. The lowest BCUT2D eigenvalue weighted by Gasteiger charge is -2.29. The van der Waals surface area contributed by atoms with E-state index < -0.39 is 17.6 Å². The Kier molecular flexibility index (Phi) is 11.9. The van der Waals surface area contributed by atoms with E-state index in [2.05, 4.69) is 72.8 Å². The van der Waals surface area contributed by atoms with Gasteiger partial charge in [-0.2, -0.15) is 0 Å². The van der Waals surface area contributed by atoms with Crippen molar-refractivity contribution in [3.8, 4) is 22.3 Å². The fourth-order valence-electron chi connectivity index (χ4n) is 4.58. The molecule has 38 heavy (non-hydrogen) atoms. The van der Waals surface area contributed by atoms with Gasteiger partial charge in [0, 0.05) is 50.0 Å². The molecular formula is C30H42O6Si2. The molecule has 3 aromatic rings. The summed E-state index contributed by atoms with van der Waals surface area (Å²) in [6.45, 7) is 15.0. The lowest BCUT2D eigenvalue weighted by Crippen LogP contribution is -2.56. The van der Waals surface area contributed by atoms with E-state index in [0.717, 1.165) is 32.6 Å². The quantitative estimate of drug-likeness (QED) is 0.217. The van der Waals surface area contributed by atoms with Crippen LogP contribution in [0.25, 0.3) is 22.3 Å². The molecule has 0 fully saturated rings. The summed E-state index contributed by atoms with van der Waals surface area (Å²) in [4.78, 5) is 0. The molecule has 0 aliphatic heterocycles. The van der Waals surface area contributed by atoms with Crippen molar-refractivity contribution in [1.29, 1.82) is 0 Å². The monoisotopic (exact) mass is 554 g/mol. The van der Waals surface area contributed by atoms with Gasteiger partial charge in [0.25, 0.3) is 0 Å². The molecule has 3 aromatic carbocycles. The molecule has 206 valence electrons. The third-order valence-electron chi connectivity index (χ3n) is 6.03. The number of rotatable bonds is 16. The van der Waals surface area contributed by atoms with Crippen LogP contribution in [0.1, 0.15) is 41.5 Å². The fraction of sp³-hybridized carbons (Fsp3) is 0.400. The van der Waals surface area contributed by atoms with Crippen LogP contribution in [0.3, 0.4) is 0 Å². The van der Waals surface area contributed by atoms with E-state index in [0.29, 0.717) is 39.6 Å². The minimum atomic E-state index is -2.95. The van der Waals surface area contributed by atoms with Crippen molar-refractivity contribution in [3.63, 3.8) is 0 Å². The van der Waals surface area contributed by atoms with Gasteiger partial charge in [-0.3, -0.25) is 0 Å². The Morgan fingerprint density at radius 1 is 0.395 bits per heavy atom. The summed E-state index contributed by atoms with van der Waals surface area (Å²) in [5.74, 6) is 0. The minimum absolute atomic E-state index is 0.535. The predicted octanol–water partition coefficient (Wildman–Crippen LogP) is 5.53. The van der Waals surface area contributed by atoms with Crippen molar-refractivity contribution >= 4 is 28.0 Å². The van der Waals surface area contributed by atoms with E-state index in [4.69, 9.17) is 26.6 Å². The van der Waals surface area contributed by atoms with Crippen LogP contribution < -0.4 is 10.4 Å². The first kappa shape index (κ1) is 30.4. The molecule has 0 saturated heterocycles. The van der Waals surface area contributed by atoms with Crippen LogP contribution in [-0.2, 0) is 26.6 Å². The predicted molar refractivity (Wildman–Crippen MR) is 158 cm³/mol. The third-order valence-corrected chi connectivity index (χ3v) is 12.1. The molecule has 0 aliphatic rings. The lowest BCUT2D eigenvalue weighted by atomic mass is 9.95. The average molecular weight is 555 g/mol. The van der Waals surface area contributed by atoms with E-state index >= 15 is 0 Å². The highest BCUT2D eigenvalue weighted by molar-refractivity contribution is 6.75. The molecule has 0 aliphatic carbocycles. The molecule has 0 amide bonds. The molecule has 0 bridgehead atoms. The topological polar surface area (TPSA) is 55.4 Å². The van der Waals surface area contributed by atoms with Gasteiger partial charge in [-0.05, 0) is 63.8 Å². The SMILES string of the molecule is CCO[Si](OCC)(OCC)c1ccc(-c2ccccc2-c2ccc([Si](OCC)(OCC)OCC)cc2)cc1. The van der Waals surface area contributed by atoms with Crippen molar-refractivity contribution in [2.24, 2.45) is 0 Å². The fourth-order valence-corrected chi connectivity index (χ4v) is 9.51. The summed E-state index contributed by atoms with van der Waals surface area (Å²) >= 11 is 0. The Morgan fingerprint density at radius 3 is 0.895 bits per heavy atom. The zero-order valence-electron chi connectivity index (χ0n) is 23.6. The molecule has 0 spiro atoms. The van der Waals surface area contributed by atoms with Gasteiger partial charge in [-0.25, -0.2) is 0 Å². The van der Waals surface area contributed by atoms with Gasteiger partial charge >= 0.3 is 17.6 Å². The maximum absolute atomic E-state index is 6.09. The second kappa shape index (κ2) is 14.9. The first-order valence-corrected chi connectivity index (χ1v) is 17.1. The van der Waals surface area contributed by atoms with E-state index in [1.165, 1.54) is 0 Å². The Bertz CT molecular complexity index is 982. The van der Waals surface area contributed by atoms with Gasteiger partial charge in [0.05, 0.1) is 0 Å². The third kappa shape index (κ3) is 6.88. The summed E-state index contributed by atoms with van der Waals surface area (Å²) in [6.07, 6.45) is 0. The largest absolute Gasteiger partial charge is 0.537 e. The normalized spacial score (nSPS) is 12.2. The van der Waals surface area contributed by atoms with Crippen molar-refractivity contribution < 1.29 is 26.6 Å². The first-order valence-electron chi connectivity index (χ1n) is 13.7. The van der Waals surface area contributed by atoms with Crippen LogP contribution in [0.15, 0.2) is 72.8 Å². The maximum atomic E-state index is 6.09. The molecule has 8 heteroatoms. The zero-order chi connectivity index (χ0) is 27.4. The van der Waals surface area contributed by atoms with Gasteiger partial charge in [0.15, 0.2) is 0 Å². The van der Waals surface area contributed by atoms with E-state index in [1.807, 2.05) is 41.5 Å². The average Bonchev–Trinajstić information content (AvgIpc) is 2.94. The smallest absolute Gasteiger partial charge is 0.370 e. The highest BCUT2D eigenvalue weighted by Crippen LogP contribution is 2.32. The molecule has 6 nitrogen and oxygen atoms in total. The maximum Gasteiger partial charge on any atom is 0.537 e. The highest BCUT2D eigenvalue weighted by Gasteiger charge is 2.44. The van der Waals surface area contributed by atoms with Gasteiger partial charge in [0.1, 0.15) is 0 Å². The van der Waals surface area contributed by atoms with Crippen molar-refractivity contribution in [1.82, 2.24) is 0 Å². The van der Waals surface area contributed by atoms with Crippen molar-refractivity contribution in [3.05, 3.63) is 72.8 Å². The molecule has 0 unspecified atom stereocenters. The number of hydrogen-bond donors (Lipinski definition) is 0. The molecular weight excluding hydrogens is 512 g/mol. The Hall–Kier alpha value is -2.15. The molecule has 3 rings (SSSR count). The van der Waals surface area contributed by atoms with Gasteiger partial charge in [-0.15, -0.1) is 0 Å². The van der Waals surface area contributed by atoms with Crippen LogP contribution in [0.4, 0.5) is 0 Å². The van der Waals surface area contributed by atoms with Crippen LogP contribution in [0, 0.1) is 0 Å². The van der Waals surface area contributed by atoms with Crippen LogP contribution >= 0.6 is 0 Å². The number of hydrogen-bond acceptors (Lipinski definition) is 6. The van der Waals surface area contributed by atoms with Crippen LogP contribution in [0.2, 0.25) is 0 Å². The second-order valence-corrected chi connectivity index (χ2v) is 13.5. The molecule has 0 radical (unpaired) electrons. The van der Waals surface area contributed by atoms with E-state index in [1.54, 1.807) is 0 Å². The molecule has 0 atom stereocenters. The Labute approximate surface area is 230 Å². The van der Waals surface area contributed by atoms with Crippen LogP contribution in [-0.4, -0.2) is 57.3 Å². The second-order valence-electron chi connectivity index (χ2n) is 8.41. The summed E-state index contributed by atoms with van der Waals surface area (Å²) in [7, 11) is -5.90. The molecule has 0 N–H and O–H groups in total. The van der Waals surface area contributed by atoms with E-state index in [9.17, 15) is 0 Å². The molecule has 0 heterocycles. The van der Waals surface area contributed by atoms with Gasteiger partial charge < -0.3 is 26.6 Å². The van der Waals surface area contributed by atoms with Gasteiger partial charge in [-0.1, -0.05) is 72.8 Å². The molecule has 0 aromatic heterocycles. The first-order chi connectivity index (χ1) is 18.5. The molecule has 0 saturated carbocycles. The summed E-state index contributed by atoms with van der Waals surface area (Å²) in [5.41, 5.74) is 4.52. The lowest BCUT2D eigenvalue weighted by molar-refractivity contribution is 0.0851. The Morgan fingerprint density at radius 2 is 0.658 bits per heavy atom. The summed E-state index contributed by atoms with van der Waals surface area (Å²) < 4.78 is 36.6. The Balaban J connectivity index is 1.97. The standard InChI is InChI=1S/C30H42O6Si2/c1-7-31-37(32-8-2,33-9-3)27-21-17-25(18-22-27)29-15-13-14-16-30(29)26-19-23-28(24-20-26)38(34-10-4,35-11-5)36-12-6/h13-24H,7-12H2,1-6H3. The van der Waals surface area contributed by atoms with E-state index in [-0.39, 0.29) is 0 Å². The van der Waals surface area contributed by atoms with Crippen molar-refractivity contribution in [2.45, 2.75) is 41.5 Å². The summed E-state index contributed by atoms with van der Waals surface area (Å²) in [5, 5.41) is 1.94.